The molecule has 7 nitrogen and oxygen atoms in total. The minimum absolute atomic E-state index is 0.239. The van der Waals surface area contributed by atoms with Crippen LogP contribution < -0.4 is 14.2 Å². The van der Waals surface area contributed by atoms with Crippen LogP contribution in [0.5, 0.6) is 17.2 Å². The normalized spacial score (nSPS) is 10.7. The van der Waals surface area contributed by atoms with Crippen LogP contribution in [0.2, 0.25) is 0 Å². The standard InChI is InChI=1S/C27H38O7/c1-4-7-9-13-18-31-26(28)33-23-20-24(30-17-6-3)25(22-16-12-11-15-21(22)23)34-27(29)32-19-14-10-8-5-2/h11-12,15-16,20H,4-10,13-14,17-19H2,1-3H3. The van der Waals surface area contributed by atoms with Gasteiger partial charge in [0.2, 0.25) is 0 Å². The first kappa shape index (κ1) is 27.3. The Morgan fingerprint density at radius 1 is 0.647 bits per heavy atom. The molecule has 0 aliphatic heterocycles. The Morgan fingerprint density at radius 3 is 1.82 bits per heavy atom. The Kier molecular flexibility index (Phi) is 12.7. The lowest BCUT2D eigenvalue weighted by atomic mass is 10.1. The van der Waals surface area contributed by atoms with Crippen molar-refractivity contribution in [1.29, 1.82) is 0 Å². The third-order valence-electron chi connectivity index (χ3n) is 5.20. The van der Waals surface area contributed by atoms with Crippen molar-refractivity contribution in [3.05, 3.63) is 30.3 Å². The zero-order valence-electron chi connectivity index (χ0n) is 20.7. The molecule has 0 aliphatic rings. The molecular weight excluding hydrogens is 436 g/mol. The number of carbonyl (C=O) groups is 2. The van der Waals surface area contributed by atoms with E-state index < -0.39 is 12.3 Å². The van der Waals surface area contributed by atoms with Gasteiger partial charge in [-0.25, -0.2) is 9.59 Å². The fraction of sp³-hybridized carbons (Fsp3) is 0.556. The van der Waals surface area contributed by atoms with Gasteiger partial charge in [-0.1, -0.05) is 83.6 Å². The molecule has 0 bridgehead atoms. The SMILES string of the molecule is CCCCCCOC(=O)Oc1cc(OCCC)c(OC(=O)OCCCCCC)c2ccccc12. The summed E-state index contributed by atoms with van der Waals surface area (Å²) in [6.45, 7) is 7.23. The monoisotopic (exact) mass is 474 g/mol. The summed E-state index contributed by atoms with van der Waals surface area (Å²) in [7, 11) is 0. The summed E-state index contributed by atoms with van der Waals surface area (Å²) in [6.07, 6.45) is 7.19. The highest BCUT2D eigenvalue weighted by Crippen LogP contribution is 2.42. The van der Waals surface area contributed by atoms with Crippen molar-refractivity contribution in [2.45, 2.75) is 78.6 Å². The van der Waals surface area contributed by atoms with E-state index in [1.807, 2.05) is 19.1 Å². The van der Waals surface area contributed by atoms with Gasteiger partial charge < -0.3 is 23.7 Å². The lowest BCUT2D eigenvalue weighted by Crippen LogP contribution is -2.14. The second-order valence-corrected chi connectivity index (χ2v) is 8.12. The Labute approximate surface area is 202 Å². The fourth-order valence-electron chi connectivity index (χ4n) is 3.40. The molecule has 2 rings (SSSR count). The summed E-state index contributed by atoms with van der Waals surface area (Å²) in [5.41, 5.74) is 0. The number of hydrogen-bond acceptors (Lipinski definition) is 7. The summed E-state index contributed by atoms with van der Waals surface area (Å²) < 4.78 is 27.4. The second-order valence-electron chi connectivity index (χ2n) is 8.12. The molecule has 34 heavy (non-hydrogen) atoms. The number of rotatable bonds is 15. The lowest BCUT2D eigenvalue weighted by molar-refractivity contribution is 0.0946. The average Bonchev–Trinajstić information content (AvgIpc) is 2.84. The molecule has 188 valence electrons. The van der Waals surface area contributed by atoms with Crippen LogP contribution >= 0.6 is 0 Å². The van der Waals surface area contributed by atoms with E-state index in [0.717, 1.165) is 57.8 Å². The van der Waals surface area contributed by atoms with Gasteiger partial charge in [-0.15, -0.1) is 0 Å². The van der Waals surface area contributed by atoms with Gasteiger partial charge in [-0.05, 0) is 19.3 Å². The number of carbonyl (C=O) groups excluding carboxylic acids is 2. The Hall–Kier alpha value is -2.96. The molecule has 0 saturated carbocycles. The van der Waals surface area contributed by atoms with Gasteiger partial charge >= 0.3 is 12.3 Å². The smallest absolute Gasteiger partial charge is 0.490 e. The molecule has 2 aromatic rings. The minimum atomic E-state index is -0.789. The number of fused-ring (bicyclic) bond motifs is 1. The van der Waals surface area contributed by atoms with E-state index >= 15 is 0 Å². The largest absolute Gasteiger partial charge is 0.513 e. The molecule has 0 fully saturated rings. The van der Waals surface area contributed by atoms with Crippen LogP contribution in [0.1, 0.15) is 78.6 Å². The quantitative estimate of drug-likeness (QED) is 0.148. The van der Waals surface area contributed by atoms with Crippen LogP contribution in [0, 0.1) is 0 Å². The van der Waals surface area contributed by atoms with Crippen molar-refractivity contribution in [2.24, 2.45) is 0 Å². The van der Waals surface area contributed by atoms with E-state index in [4.69, 9.17) is 23.7 Å². The maximum Gasteiger partial charge on any atom is 0.513 e. The lowest BCUT2D eigenvalue weighted by Gasteiger charge is -2.16. The van der Waals surface area contributed by atoms with Gasteiger partial charge in [0, 0.05) is 16.8 Å². The van der Waals surface area contributed by atoms with Crippen LogP contribution in [0.15, 0.2) is 30.3 Å². The van der Waals surface area contributed by atoms with E-state index in [0.29, 0.717) is 36.3 Å². The molecule has 0 N–H and O–H groups in total. The van der Waals surface area contributed by atoms with Crippen LogP contribution in [-0.2, 0) is 9.47 Å². The zero-order chi connectivity index (χ0) is 24.6. The van der Waals surface area contributed by atoms with Crippen molar-refractivity contribution in [3.63, 3.8) is 0 Å². The molecular formula is C27H38O7. The van der Waals surface area contributed by atoms with E-state index in [9.17, 15) is 9.59 Å². The van der Waals surface area contributed by atoms with Crippen molar-refractivity contribution in [3.8, 4) is 17.2 Å². The molecule has 0 radical (unpaired) electrons. The molecule has 0 atom stereocenters. The maximum absolute atomic E-state index is 12.4. The Bertz CT molecular complexity index is 894. The first-order valence-electron chi connectivity index (χ1n) is 12.5. The molecule has 2 aromatic carbocycles. The van der Waals surface area contributed by atoms with Gasteiger partial charge in [-0.3, -0.25) is 0 Å². The summed E-state index contributed by atoms with van der Waals surface area (Å²) >= 11 is 0. The molecule has 0 aromatic heterocycles. The molecule has 7 heteroatoms. The second kappa shape index (κ2) is 15.8. The highest BCUT2D eigenvalue weighted by atomic mass is 16.7. The van der Waals surface area contributed by atoms with E-state index in [1.165, 1.54) is 0 Å². The zero-order valence-corrected chi connectivity index (χ0v) is 20.7. The van der Waals surface area contributed by atoms with Gasteiger partial charge in [0.1, 0.15) is 5.75 Å². The molecule has 0 spiro atoms. The first-order valence-corrected chi connectivity index (χ1v) is 12.5. The minimum Gasteiger partial charge on any atom is -0.490 e. The number of unbranched alkanes of at least 4 members (excludes halogenated alkanes) is 6. The van der Waals surface area contributed by atoms with Crippen molar-refractivity contribution in [2.75, 3.05) is 19.8 Å². The third kappa shape index (κ3) is 9.12. The van der Waals surface area contributed by atoms with E-state index in [2.05, 4.69) is 13.8 Å². The highest BCUT2D eigenvalue weighted by molar-refractivity contribution is 5.97. The highest BCUT2D eigenvalue weighted by Gasteiger charge is 2.21. The fourth-order valence-corrected chi connectivity index (χ4v) is 3.40. The first-order chi connectivity index (χ1) is 16.6. The summed E-state index contributed by atoms with van der Waals surface area (Å²) in [4.78, 5) is 24.6. The van der Waals surface area contributed by atoms with E-state index in [-0.39, 0.29) is 11.5 Å². The van der Waals surface area contributed by atoms with Crippen LogP contribution in [-0.4, -0.2) is 32.1 Å². The topological polar surface area (TPSA) is 80.3 Å². The van der Waals surface area contributed by atoms with Crippen molar-refractivity contribution in [1.82, 2.24) is 0 Å². The van der Waals surface area contributed by atoms with E-state index in [1.54, 1.807) is 18.2 Å². The molecule has 0 amide bonds. The van der Waals surface area contributed by atoms with Crippen LogP contribution in [0.3, 0.4) is 0 Å². The van der Waals surface area contributed by atoms with Gasteiger partial charge in [0.25, 0.3) is 0 Å². The molecule has 0 unspecified atom stereocenters. The predicted octanol–water partition coefficient (Wildman–Crippen LogP) is 7.82. The summed E-state index contributed by atoms with van der Waals surface area (Å²) in [5.74, 6) is 0.817. The van der Waals surface area contributed by atoms with Gasteiger partial charge in [-0.2, -0.15) is 0 Å². The predicted molar refractivity (Wildman–Crippen MR) is 132 cm³/mol. The average molecular weight is 475 g/mol. The molecule has 0 saturated heterocycles. The van der Waals surface area contributed by atoms with Crippen molar-refractivity contribution < 1.29 is 33.3 Å². The Morgan fingerprint density at radius 2 is 1.24 bits per heavy atom. The van der Waals surface area contributed by atoms with Crippen molar-refractivity contribution >= 4 is 23.1 Å². The summed E-state index contributed by atoms with van der Waals surface area (Å²) in [5, 5.41) is 1.17. The number of ether oxygens (including phenoxy) is 5. The number of hydrogen-bond donors (Lipinski definition) is 0. The molecule has 0 heterocycles. The maximum atomic E-state index is 12.4. The molecule has 0 aliphatic carbocycles. The number of benzene rings is 2. The van der Waals surface area contributed by atoms with Crippen LogP contribution in [0.25, 0.3) is 10.8 Å². The summed E-state index contributed by atoms with van der Waals surface area (Å²) in [6, 6.07) is 8.74. The van der Waals surface area contributed by atoms with Crippen LogP contribution in [0.4, 0.5) is 9.59 Å². The van der Waals surface area contributed by atoms with Gasteiger partial charge in [0.15, 0.2) is 11.5 Å². The third-order valence-corrected chi connectivity index (χ3v) is 5.20. The van der Waals surface area contributed by atoms with Gasteiger partial charge in [0.05, 0.1) is 19.8 Å². The Balaban J connectivity index is 2.18.